The summed E-state index contributed by atoms with van der Waals surface area (Å²) in [6, 6.07) is 12.1. The summed E-state index contributed by atoms with van der Waals surface area (Å²) in [5.74, 6) is -0.213. The molecule has 2 amide bonds. The van der Waals surface area contributed by atoms with Gasteiger partial charge in [0.2, 0.25) is 0 Å². The van der Waals surface area contributed by atoms with Crippen LogP contribution in [0.1, 0.15) is 17.5 Å². The fourth-order valence-electron chi connectivity index (χ4n) is 2.81. The number of nitrogens with zero attached hydrogens (tertiary/aromatic N) is 1. The molecular weight excluding hydrogens is 322 g/mol. The van der Waals surface area contributed by atoms with Gasteiger partial charge in [-0.05, 0) is 18.2 Å². The lowest BCUT2D eigenvalue weighted by Gasteiger charge is -2.11. The van der Waals surface area contributed by atoms with Crippen LogP contribution in [0.5, 0.6) is 5.75 Å². The number of aryl methyl sites for hydroxylation is 1. The number of benzene rings is 2. The third-order valence-electron chi connectivity index (χ3n) is 3.96. The van der Waals surface area contributed by atoms with E-state index in [-0.39, 0.29) is 6.04 Å². The summed E-state index contributed by atoms with van der Waals surface area (Å²) < 4.78 is 10.9. The van der Waals surface area contributed by atoms with Gasteiger partial charge in [0.15, 0.2) is 11.5 Å². The lowest BCUT2D eigenvalue weighted by molar-refractivity contribution is -0.136. The first-order valence-corrected chi connectivity index (χ1v) is 7.81. The Morgan fingerprint density at radius 2 is 2.00 bits per heavy atom. The molecule has 1 aromatic heterocycles. The Morgan fingerprint density at radius 1 is 1.16 bits per heavy atom. The molecular formula is C18H15N3O4. The van der Waals surface area contributed by atoms with E-state index in [1.54, 1.807) is 25.1 Å². The molecule has 1 aliphatic heterocycles. The number of amides is 2. The molecule has 126 valence electrons. The van der Waals surface area contributed by atoms with Crippen molar-refractivity contribution >= 4 is 28.6 Å². The van der Waals surface area contributed by atoms with Gasteiger partial charge in [-0.1, -0.05) is 18.2 Å². The van der Waals surface area contributed by atoms with Gasteiger partial charge >= 0.3 is 11.8 Å². The molecule has 25 heavy (non-hydrogen) atoms. The molecule has 0 spiro atoms. The van der Waals surface area contributed by atoms with Crippen molar-refractivity contribution in [3.63, 3.8) is 0 Å². The number of hydrogen-bond donors (Lipinski definition) is 2. The molecule has 2 aromatic carbocycles. The van der Waals surface area contributed by atoms with E-state index in [2.05, 4.69) is 15.6 Å². The van der Waals surface area contributed by atoms with Gasteiger partial charge in [0, 0.05) is 24.2 Å². The van der Waals surface area contributed by atoms with Crippen LogP contribution in [-0.4, -0.2) is 23.4 Å². The quantitative estimate of drug-likeness (QED) is 0.700. The predicted octanol–water partition coefficient (Wildman–Crippen LogP) is 2.32. The molecule has 0 saturated carbocycles. The smallest absolute Gasteiger partial charge is 0.313 e. The zero-order chi connectivity index (χ0) is 17.4. The molecule has 0 aliphatic carbocycles. The van der Waals surface area contributed by atoms with E-state index >= 15 is 0 Å². The highest BCUT2D eigenvalue weighted by atomic mass is 16.5. The van der Waals surface area contributed by atoms with Gasteiger partial charge in [-0.25, -0.2) is 4.98 Å². The number of anilines is 1. The number of oxazole rings is 1. The molecule has 0 bridgehead atoms. The van der Waals surface area contributed by atoms with Gasteiger partial charge in [0.25, 0.3) is 0 Å². The predicted molar refractivity (Wildman–Crippen MR) is 90.2 cm³/mol. The number of hydrogen-bond acceptors (Lipinski definition) is 5. The number of para-hydroxylation sites is 1. The van der Waals surface area contributed by atoms with Crippen LogP contribution >= 0.6 is 0 Å². The van der Waals surface area contributed by atoms with E-state index in [1.807, 2.05) is 24.3 Å². The topological polar surface area (TPSA) is 93.5 Å². The lowest BCUT2D eigenvalue weighted by atomic mass is 10.1. The molecule has 7 heteroatoms. The third kappa shape index (κ3) is 2.91. The monoisotopic (exact) mass is 337 g/mol. The maximum absolute atomic E-state index is 12.2. The third-order valence-corrected chi connectivity index (χ3v) is 3.96. The number of fused-ring (bicyclic) bond motifs is 2. The Morgan fingerprint density at radius 3 is 2.88 bits per heavy atom. The molecule has 0 fully saturated rings. The van der Waals surface area contributed by atoms with Crippen molar-refractivity contribution in [3.8, 4) is 5.75 Å². The summed E-state index contributed by atoms with van der Waals surface area (Å²) in [5, 5.41) is 5.25. The first kappa shape index (κ1) is 15.2. The van der Waals surface area contributed by atoms with Crippen molar-refractivity contribution in [3.05, 3.63) is 53.9 Å². The Bertz CT molecular complexity index is 979. The maximum Gasteiger partial charge on any atom is 0.313 e. The average Bonchev–Trinajstić information content (AvgIpc) is 3.17. The second-order valence-corrected chi connectivity index (χ2v) is 5.74. The Kier molecular flexibility index (Phi) is 3.61. The van der Waals surface area contributed by atoms with Crippen LogP contribution < -0.4 is 15.4 Å². The van der Waals surface area contributed by atoms with Crippen molar-refractivity contribution in [1.29, 1.82) is 0 Å². The van der Waals surface area contributed by atoms with Crippen molar-refractivity contribution < 1.29 is 18.7 Å². The zero-order valence-corrected chi connectivity index (χ0v) is 13.4. The number of rotatable bonds is 2. The lowest BCUT2D eigenvalue weighted by Crippen LogP contribution is -2.38. The number of ether oxygens (including phenoxy) is 1. The molecule has 2 N–H and O–H groups in total. The Hall–Kier alpha value is -3.35. The minimum atomic E-state index is -0.750. The minimum absolute atomic E-state index is 0.307. The van der Waals surface area contributed by atoms with E-state index in [0.29, 0.717) is 29.3 Å². The maximum atomic E-state index is 12.2. The molecule has 3 aromatic rings. The summed E-state index contributed by atoms with van der Waals surface area (Å²) >= 11 is 0. The van der Waals surface area contributed by atoms with Crippen LogP contribution in [0.2, 0.25) is 0 Å². The van der Waals surface area contributed by atoms with Crippen molar-refractivity contribution in [2.45, 2.75) is 13.0 Å². The minimum Gasteiger partial charge on any atom is -0.491 e. The van der Waals surface area contributed by atoms with E-state index in [4.69, 9.17) is 9.15 Å². The van der Waals surface area contributed by atoms with Crippen LogP contribution in [-0.2, 0) is 9.59 Å². The van der Waals surface area contributed by atoms with Crippen molar-refractivity contribution in [2.75, 3.05) is 11.9 Å². The molecule has 0 saturated heterocycles. The second-order valence-electron chi connectivity index (χ2n) is 5.74. The molecule has 2 heterocycles. The van der Waals surface area contributed by atoms with E-state index < -0.39 is 11.8 Å². The van der Waals surface area contributed by atoms with E-state index in [0.717, 1.165) is 11.3 Å². The van der Waals surface area contributed by atoms with Crippen LogP contribution in [0.25, 0.3) is 11.1 Å². The first-order valence-electron chi connectivity index (χ1n) is 7.81. The Labute approximate surface area is 143 Å². The van der Waals surface area contributed by atoms with E-state index in [9.17, 15) is 9.59 Å². The van der Waals surface area contributed by atoms with Gasteiger partial charge < -0.3 is 19.8 Å². The van der Waals surface area contributed by atoms with Crippen LogP contribution in [0.3, 0.4) is 0 Å². The molecule has 7 nitrogen and oxygen atoms in total. The Balaban J connectivity index is 1.44. The fraction of sp³-hybridized carbons (Fsp3) is 0.167. The number of carbonyl (C=O) groups excluding carboxylic acids is 2. The summed E-state index contributed by atoms with van der Waals surface area (Å²) in [7, 11) is 0. The highest BCUT2D eigenvalue weighted by molar-refractivity contribution is 6.39. The molecule has 0 unspecified atom stereocenters. The highest BCUT2D eigenvalue weighted by Gasteiger charge is 2.27. The normalized spacial score (nSPS) is 15.5. The van der Waals surface area contributed by atoms with Gasteiger partial charge in [0.05, 0.1) is 6.04 Å². The van der Waals surface area contributed by atoms with Crippen LogP contribution in [0.15, 0.2) is 46.9 Å². The number of aromatic nitrogens is 1. The fourth-order valence-corrected chi connectivity index (χ4v) is 2.81. The van der Waals surface area contributed by atoms with Crippen molar-refractivity contribution in [1.82, 2.24) is 10.3 Å². The summed E-state index contributed by atoms with van der Waals surface area (Å²) in [6.45, 7) is 2.05. The van der Waals surface area contributed by atoms with E-state index in [1.165, 1.54) is 0 Å². The number of nitrogens with one attached hydrogen (secondary N) is 2. The van der Waals surface area contributed by atoms with Crippen LogP contribution in [0, 0.1) is 6.92 Å². The van der Waals surface area contributed by atoms with Gasteiger partial charge in [-0.2, -0.15) is 0 Å². The standard InChI is InChI=1S/C18H15N3O4/c1-10-19-13-7-6-11(8-16(13)25-10)20-17(22)18(23)21-14-9-24-15-5-3-2-4-12(14)15/h2-8,14H,9H2,1H3,(H,20,22)(H,21,23)/t14-/m1/s1. The number of carbonyl (C=O) groups is 2. The SMILES string of the molecule is Cc1nc2ccc(NC(=O)C(=O)N[C@@H]3COc4ccccc43)cc2o1. The molecule has 1 atom stereocenters. The van der Waals surface area contributed by atoms with Crippen LogP contribution in [0.4, 0.5) is 5.69 Å². The van der Waals surface area contributed by atoms with Gasteiger partial charge in [0.1, 0.15) is 17.9 Å². The summed E-state index contributed by atoms with van der Waals surface area (Å²) in [4.78, 5) is 28.5. The van der Waals surface area contributed by atoms with Gasteiger partial charge in [-0.3, -0.25) is 9.59 Å². The largest absolute Gasteiger partial charge is 0.491 e. The van der Waals surface area contributed by atoms with Crippen molar-refractivity contribution in [2.24, 2.45) is 0 Å². The van der Waals surface area contributed by atoms with Gasteiger partial charge in [-0.15, -0.1) is 0 Å². The summed E-state index contributed by atoms with van der Waals surface area (Å²) in [5.41, 5.74) is 2.57. The zero-order valence-electron chi connectivity index (χ0n) is 13.4. The highest BCUT2D eigenvalue weighted by Crippen LogP contribution is 2.31. The molecule has 4 rings (SSSR count). The summed E-state index contributed by atoms with van der Waals surface area (Å²) in [6.07, 6.45) is 0. The first-order chi connectivity index (χ1) is 12.1. The second kappa shape index (κ2) is 5.94. The molecule has 1 aliphatic rings. The molecule has 0 radical (unpaired) electrons. The average molecular weight is 337 g/mol.